The Labute approximate surface area is 126 Å². The molecule has 21 heavy (non-hydrogen) atoms. The Hall–Kier alpha value is -2.09. The molecule has 1 rings (SSSR count). The van der Waals surface area contributed by atoms with Gasteiger partial charge in [-0.3, -0.25) is 10.1 Å². The van der Waals surface area contributed by atoms with Crippen molar-refractivity contribution in [2.45, 2.75) is 33.2 Å². The number of aryl methyl sites for hydroxylation is 1. The zero-order chi connectivity index (χ0) is 16.0. The number of ether oxygens (including phenoxy) is 1. The predicted octanol–water partition coefficient (Wildman–Crippen LogP) is 1.62. The molecule has 0 radical (unpaired) electrons. The van der Waals surface area contributed by atoms with Gasteiger partial charge in [-0.25, -0.2) is 9.59 Å². The first kappa shape index (κ1) is 17.0. The van der Waals surface area contributed by atoms with Crippen molar-refractivity contribution in [3.8, 4) is 5.75 Å². The van der Waals surface area contributed by atoms with Crippen LogP contribution in [-0.2, 0) is 11.2 Å². The van der Waals surface area contributed by atoms with Gasteiger partial charge in [0.05, 0.1) is 0 Å². The highest BCUT2D eigenvalue weighted by Crippen LogP contribution is 2.29. The van der Waals surface area contributed by atoms with E-state index in [1.165, 1.54) is 0 Å². The lowest BCUT2D eigenvalue weighted by atomic mass is 10.3. The van der Waals surface area contributed by atoms with E-state index in [0.717, 1.165) is 16.2 Å². The molecule has 3 N–H and O–H groups in total. The van der Waals surface area contributed by atoms with Crippen LogP contribution in [0.2, 0.25) is 0 Å². The lowest BCUT2D eigenvalue weighted by molar-refractivity contribution is -0.122. The molecule has 116 valence electrons. The molecule has 0 saturated heterocycles. The van der Waals surface area contributed by atoms with Gasteiger partial charge >= 0.3 is 12.0 Å². The Morgan fingerprint density at radius 3 is 2.57 bits per heavy atom. The number of urea groups is 1. The lowest BCUT2D eigenvalue weighted by Crippen LogP contribution is -2.44. The number of hydrogen-bond acceptors (Lipinski definition) is 5. The number of hydrogen-bond donors (Lipinski definition) is 3. The number of carbonyl (C=O) groups is 3. The molecule has 0 unspecified atom stereocenters. The van der Waals surface area contributed by atoms with E-state index in [9.17, 15) is 14.4 Å². The number of thiophene rings is 1. The van der Waals surface area contributed by atoms with Gasteiger partial charge in [-0.2, -0.15) is 0 Å². The number of rotatable bonds is 6. The summed E-state index contributed by atoms with van der Waals surface area (Å²) >= 11 is 1.11. The van der Waals surface area contributed by atoms with E-state index in [4.69, 9.17) is 9.84 Å². The fraction of sp³-hybridized carbons (Fsp3) is 0.462. The molecule has 0 aliphatic heterocycles. The Bertz CT molecular complexity index is 539. The molecule has 0 aliphatic carbocycles. The monoisotopic (exact) mass is 314 g/mol. The molecule has 0 aromatic carbocycles. The average molecular weight is 314 g/mol. The van der Waals surface area contributed by atoms with E-state index in [2.05, 4.69) is 10.6 Å². The van der Waals surface area contributed by atoms with Gasteiger partial charge in [0.2, 0.25) is 0 Å². The maximum Gasteiger partial charge on any atom is 0.349 e. The molecule has 1 heterocycles. The van der Waals surface area contributed by atoms with E-state index in [1.807, 2.05) is 6.92 Å². The molecular weight excluding hydrogens is 296 g/mol. The number of carbonyl (C=O) groups excluding carboxylic acids is 2. The molecule has 0 spiro atoms. The van der Waals surface area contributed by atoms with Crippen LogP contribution in [0.25, 0.3) is 0 Å². The zero-order valence-corrected chi connectivity index (χ0v) is 12.9. The highest BCUT2D eigenvalue weighted by Gasteiger charge is 2.17. The van der Waals surface area contributed by atoms with Crippen LogP contribution in [0.1, 0.15) is 35.3 Å². The van der Waals surface area contributed by atoms with Crippen molar-refractivity contribution in [1.82, 2.24) is 10.6 Å². The zero-order valence-electron chi connectivity index (χ0n) is 12.1. The van der Waals surface area contributed by atoms with Crippen LogP contribution >= 0.6 is 11.3 Å². The van der Waals surface area contributed by atoms with Crippen molar-refractivity contribution in [2.24, 2.45) is 0 Å². The molecule has 0 saturated carbocycles. The molecule has 1 aromatic heterocycles. The van der Waals surface area contributed by atoms with Gasteiger partial charge < -0.3 is 15.2 Å². The molecule has 0 bridgehead atoms. The fourth-order valence-electron chi connectivity index (χ4n) is 1.46. The maximum atomic E-state index is 11.5. The Balaban J connectivity index is 2.58. The number of carboxylic acid groups (broad SMARTS) is 1. The van der Waals surface area contributed by atoms with Crippen molar-refractivity contribution in [3.05, 3.63) is 15.8 Å². The minimum absolute atomic E-state index is 0.0475. The standard InChI is InChI=1S/C13H18N2O5S/c1-4-8-5-9(11(21-8)12(17)18)20-6-10(16)15-13(19)14-7(2)3/h5,7H,4,6H2,1-3H3,(H,17,18)(H2,14,15,16,19). The highest BCUT2D eigenvalue weighted by molar-refractivity contribution is 7.14. The largest absolute Gasteiger partial charge is 0.482 e. The predicted molar refractivity (Wildman–Crippen MR) is 78.0 cm³/mol. The van der Waals surface area contributed by atoms with Gasteiger partial charge in [-0.15, -0.1) is 11.3 Å². The van der Waals surface area contributed by atoms with E-state index in [0.29, 0.717) is 6.42 Å². The van der Waals surface area contributed by atoms with Gasteiger partial charge in [0.25, 0.3) is 5.91 Å². The Morgan fingerprint density at radius 1 is 1.38 bits per heavy atom. The lowest BCUT2D eigenvalue weighted by Gasteiger charge is -2.09. The number of amides is 3. The second-order valence-electron chi connectivity index (χ2n) is 4.53. The fourth-order valence-corrected chi connectivity index (χ4v) is 2.34. The summed E-state index contributed by atoms with van der Waals surface area (Å²) in [5, 5.41) is 13.6. The Morgan fingerprint density at radius 2 is 2.05 bits per heavy atom. The normalized spacial score (nSPS) is 10.3. The van der Waals surface area contributed by atoms with E-state index >= 15 is 0 Å². The number of carboxylic acids is 1. The summed E-state index contributed by atoms with van der Waals surface area (Å²) in [6, 6.07) is 0.883. The Kier molecular flexibility index (Phi) is 6.16. The van der Waals surface area contributed by atoms with Crippen LogP contribution in [0, 0.1) is 0 Å². The van der Waals surface area contributed by atoms with Crippen molar-refractivity contribution in [1.29, 1.82) is 0 Å². The number of nitrogens with one attached hydrogen (secondary N) is 2. The summed E-state index contributed by atoms with van der Waals surface area (Å²) in [5.41, 5.74) is 0. The number of aromatic carboxylic acids is 1. The SMILES string of the molecule is CCc1cc(OCC(=O)NC(=O)NC(C)C)c(C(=O)O)s1. The number of imide groups is 1. The van der Waals surface area contributed by atoms with Crippen molar-refractivity contribution in [2.75, 3.05) is 6.61 Å². The summed E-state index contributed by atoms with van der Waals surface area (Å²) in [4.78, 5) is 34.8. The van der Waals surface area contributed by atoms with Gasteiger partial charge in [0.1, 0.15) is 5.75 Å². The topological polar surface area (TPSA) is 105 Å². The summed E-state index contributed by atoms with van der Waals surface area (Å²) < 4.78 is 5.19. The minimum atomic E-state index is -1.10. The third kappa shape index (κ3) is 5.42. The van der Waals surface area contributed by atoms with Gasteiger partial charge in [0, 0.05) is 10.9 Å². The maximum absolute atomic E-state index is 11.5. The van der Waals surface area contributed by atoms with Gasteiger partial charge in [-0.05, 0) is 26.3 Å². The first-order chi connectivity index (χ1) is 9.83. The molecule has 0 aliphatic rings. The van der Waals surface area contributed by atoms with E-state index in [1.54, 1.807) is 19.9 Å². The molecular formula is C13H18N2O5S. The molecule has 1 aromatic rings. The van der Waals surface area contributed by atoms with Crippen molar-refractivity contribution < 1.29 is 24.2 Å². The van der Waals surface area contributed by atoms with Crippen LogP contribution in [0.3, 0.4) is 0 Å². The highest BCUT2D eigenvalue weighted by atomic mass is 32.1. The third-order valence-electron chi connectivity index (χ3n) is 2.32. The van der Waals surface area contributed by atoms with Crippen molar-refractivity contribution in [3.63, 3.8) is 0 Å². The van der Waals surface area contributed by atoms with Crippen LogP contribution < -0.4 is 15.4 Å². The van der Waals surface area contributed by atoms with Gasteiger partial charge in [0.15, 0.2) is 11.5 Å². The summed E-state index contributed by atoms with van der Waals surface area (Å²) in [5.74, 6) is -1.61. The summed E-state index contributed by atoms with van der Waals surface area (Å²) in [6.45, 7) is 4.99. The quantitative estimate of drug-likeness (QED) is 0.740. The first-order valence-corrected chi connectivity index (χ1v) is 7.24. The summed E-state index contributed by atoms with van der Waals surface area (Å²) in [7, 11) is 0. The first-order valence-electron chi connectivity index (χ1n) is 6.42. The molecule has 8 heteroatoms. The van der Waals surface area contributed by atoms with Crippen LogP contribution in [0.5, 0.6) is 5.75 Å². The van der Waals surface area contributed by atoms with Crippen molar-refractivity contribution >= 4 is 29.2 Å². The van der Waals surface area contributed by atoms with Crippen LogP contribution in [-0.4, -0.2) is 35.7 Å². The second-order valence-corrected chi connectivity index (χ2v) is 5.67. The molecule has 0 fully saturated rings. The molecule has 0 atom stereocenters. The van der Waals surface area contributed by atoms with E-state index < -0.39 is 24.5 Å². The smallest absolute Gasteiger partial charge is 0.349 e. The average Bonchev–Trinajstić information content (AvgIpc) is 2.78. The molecule has 3 amide bonds. The van der Waals surface area contributed by atoms with E-state index in [-0.39, 0.29) is 16.7 Å². The van der Waals surface area contributed by atoms with Gasteiger partial charge in [-0.1, -0.05) is 6.92 Å². The minimum Gasteiger partial charge on any atom is -0.482 e. The second kappa shape index (κ2) is 7.63. The third-order valence-corrected chi connectivity index (χ3v) is 3.57. The van der Waals surface area contributed by atoms with Crippen LogP contribution in [0.4, 0.5) is 4.79 Å². The van der Waals surface area contributed by atoms with Crippen LogP contribution in [0.15, 0.2) is 6.07 Å². The molecule has 7 nitrogen and oxygen atoms in total. The summed E-state index contributed by atoms with van der Waals surface area (Å²) in [6.07, 6.45) is 0.678.